The van der Waals surface area contributed by atoms with E-state index in [0.717, 1.165) is 15.8 Å². The molecular weight excluding hydrogens is 526 g/mol. The van der Waals surface area contributed by atoms with Crippen molar-refractivity contribution in [3.63, 3.8) is 0 Å². The number of sulfonamides is 1. The number of amides is 1. The number of hydrogen-bond acceptors (Lipinski definition) is 7. The minimum absolute atomic E-state index is 0.114. The Bertz CT molecular complexity index is 1700. The minimum atomic E-state index is -3.73. The van der Waals surface area contributed by atoms with Gasteiger partial charge in [0.2, 0.25) is 10.0 Å². The zero-order valence-corrected chi connectivity index (χ0v) is 22.4. The number of rotatable bonds is 6. The Kier molecular flexibility index (Phi) is 7.15. The molecule has 0 saturated heterocycles. The van der Waals surface area contributed by atoms with Crippen molar-refractivity contribution in [2.24, 2.45) is 4.99 Å². The third-order valence-electron chi connectivity index (χ3n) is 6.44. The predicted octanol–water partition coefficient (Wildman–Crippen LogP) is 3.37. The lowest BCUT2D eigenvalue weighted by Crippen LogP contribution is -2.35. The summed E-state index contributed by atoms with van der Waals surface area (Å²) in [5.74, 6) is -0.405. The van der Waals surface area contributed by atoms with Crippen LogP contribution in [0, 0.1) is 0 Å². The molecule has 4 aromatic rings. The number of hydrogen-bond donors (Lipinski definition) is 0. The monoisotopic (exact) mass is 551 g/mol. The van der Waals surface area contributed by atoms with E-state index in [2.05, 4.69) is 4.99 Å². The highest BCUT2D eigenvalue weighted by Crippen LogP contribution is 2.26. The summed E-state index contributed by atoms with van der Waals surface area (Å²) in [5, 5.41) is 0. The number of carbonyl (C=O) groups is 2. The topological polar surface area (TPSA) is 107 Å². The van der Waals surface area contributed by atoms with E-state index in [1.807, 2.05) is 24.3 Å². The molecule has 1 aromatic heterocycles. The molecule has 9 nitrogen and oxygen atoms in total. The average molecular weight is 552 g/mol. The smallest absolute Gasteiger partial charge is 0.325 e. The van der Waals surface area contributed by atoms with Crippen molar-refractivity contribution in [1.82, 2.24) is 8.87 Å². The third kappa shape index (κ3) is 5.00. The summed E-state index contributed by atoms with van der Waals surface area (Å²) in [6, 6.07) is 18.9. The highest BCUT2D eigenvalue weighted by atomic mass is 32.2. The number of methoxy groups -OCH3 is 2. The highest BCUT2D eigenvalue weighted by molar-refractivity contribution is 7.89. The standard InChI is InChI=1S/C27H25N3O6S2/c1-35-21-9-12-23-24(15-21)37-27(30(23)17-25(31)36-2)28-26(32)19-7-10-22(11-8-19)38(33,34)29-14-13-18-5-3-4-6-20(18)16-29/h3-12,15H,13-14,16-17H2,1-2H3. The minimum Gasteiger partial charge on any atom is -0.497 e. The van der Waals surface area contributed by atoms with Gasteiger partial charge in [-0.3, -0.25) is 9.59 Å². The Morgan fingerprint density at radius 2 is 1.74 bits per heavy atom. The van der Waals surface area contributed by atoms with E-state index in [-0.39, 0.29) is 17.0 Å². The van der Waals surface area contributed by atoms with Gasteiger partial charge in [-0.05, 0) is 60.0 Å². The van der Waals surface area contributed by atoms with E-state index < -0.39 is 21.9 Å². The fourth-order valence-corrected chi connectivity index (χ4v) is 6.83. The van der Waals surface area contributed by atoms with Crippen molar-refractivity contribution in [2.45, 2.75) is 24.4 Å². The summed E-state index contributed by atoms with van der Waals surface area (Å²) in [4.78, 5) is 29.8. The Labute approximate surface area is 223 Å². The Hall–Kier alpha value is -3.80. The van der Waals surface area contributed by atoms with Crippen LogP contribution in [-0.4, -0.2) is 49.9 Å². The number of esters is 1. The van der Waals surface area contributed by atoms with E-state index in [9.17, 15) is 18.0 Å². The lowest BCUT2D eigenvalue weighted by Gasteiger charge is -2.28. The van der Waals surface area contributed by atoms with Crippen LogP contribution in [0.3, 0.4) is 0 Å². The molecule has 196 valence electrons. The SMILES string of the molecule is COC(=O)Cn1c(=NC(=O)c2ccc(S(=O)(=O)N3CCc4ccccc4C3)cc2)sc2cc(OC)ccc21. The summed E-state index contributed by atoms with van der Waals surface area (Å²) in [7, 11) is -0.879. The van der Waals surface area contributed by atoms with Crippen LogP contribution < -0.4 is 9.54 Å². The quantitative estimate of drug-likeness (QED) is 0.340. The van der Waals surface area contributed by atoms with Crippen LogP contribution in [0.2, 0.25) is 0 Å². The van der Waals surface area contributed by atoms with E-state index in [1.165, 1.54) is 47.0 Å². The molecule has 0 saturated carbocycles. The van der Waals surface area contributed by atoms with Gasteiger partial charge in [-0.25, -0.2) is 8.42 Å². The first kappa shape index (κ1) is 25.8. The van der Waals surface area contributed by atoms with Crippen LogP contribution in [0.5, 0.6) is 5.75 Å². The number of carbonyl (C=O) groups excluding carboxylic acids is 2. The lowest BCUT2D eigenvalue weighted by atomic mass is 10.0. The maximum Gasteiger partial charge on any atom is 0.325 e. The number of aromatic nitrogens is 1. The zero-order valence-electron chi connectivity index (χ0n) is 20.8. The molecule has 0 radical (unpaired) electrons. The second-order valence-corrected chi connectivity index (χ2v) is 11.6. The fraction of sp³-hybridized carbons (Fsp3) is 0.222. The summed E-state index contributed by atoms with van der Waals surface area (Å²) in [6.45, 7) is 0.586. The van der Waals surface area contributed by atoms with Crippen LogP contribution in [0.15, 0.2) is 76.6 Å². The van der Waals surface area contributed by atoms with Gasteiger partial charge in [0.25, 0.3) is 5.91 Å². The summed E-state index contributed by atoms with van der Waals surface area (Å²) >= 11 is 1.23. The maximum atomic E-state index is 13.3. The van der Waals surface area contributed by atoms with E-state index in [4.69, 9.17) is 9.47 Å². The molecule has 0 N–H and O–H groups in total. The Morgan fingerprint density at radius 3 is 2.45 bits per heavy atom. The van der Waals surface area contributed by atoms with Gasteiger partial charge in [0.1, 0.15) is 12.3 Å². The summed E-state index contributed by atoms with van der Waals surface area (Å²) in [6.07, 6.45) is 0.650. The molecule has 1 aliphatic rings. The first-order valence-corrected chi connectivity index (χ1v) is 14.1. The van der Waals surface area contributed by atoms with Crippen molar-refractivity contribution in [3.8, 4) is 5.75 Å². The molecular formula is C27H25N3O6S2. The van der Waals surface area contributed by atoms with Gasteiger partial charge in [-0.1, -0.05) is 35.6 Å². The van der Waals surface area contributed by atoms with Gasteiger partial charge < -0.3 is 14.0 Å². The third-order valence-corrected chi connectivity index (χ3v) is 9.34. The van der Waals surface area contributed by atoms with Crippen LogP contribution in [-0.2, 0) is 39.1 Å². The Morgan fingerprint density at radius 1 is 1.00 bits per heavy atom. The molecule has 1 aliphatic heterocycles. The summed E-state index contributed by atoms with van der Waals surface area (Å²) < 4.78 is 40.5. The molecule has 0 aliphatic carbocycles. The van der Waals surface area contributed by atoms with E-state index in [1.54, 1.807) is 29.9 Å². The molecule has 0 fully saturated rings. The highest BCUT2D eigenvalue weighted by Gasteiger charge is 2.28. The van der Waals surface area contributed by atoms with E-state index >= 15 is 0 Å². The first-order valence-electron chi connectivity index (χ1n) is 11.8. The van der Waals surface area contributed by atoms with Gasteiger partial charge >= 0.3 is 5.97 Å². The fourth-order valence-electron chi connectivity index (χ4n) is 4.36. The molecule has 0 spiro atoms. The van der Waals surface area contributed by atoms with Gasteiger partial charge in [0.05, 0.1) is 29.3 Å². The van der Waals surface area contributed by atoms with Gasteiger partial charge in [-0.15, -0.1) is 0 Å². The zero-order chi connectivity index (χ0) is 26.9. The number of fused-ring (bicyclic) bond motifs is 2. The predicted molar refractivity (Wildman–Crippen MR) is 142 cm³/mol. The molecule has 3 aromatic carbocycles. The number of ether oxygens (including phenoxy) is 2. The molecule has 1 amide bonds. The average Bonchev–Trinajstić information content (AvgIpc) is 3.28. The van der Waals surface area contributed by atoms with E-state index in [0.29, 0.717) is 35.6 Å². The number of thiazole rings is 1. The molecule has 5 rings (SSSR count). The van der Waals surface area contributed by atoms with Gasteiger partial charge in [0.15, 0.2) is 4.80 Å². The van der Waals surface area contributed by atoms with Gasteiger partial charge in [0, 0.05) is 18.7 Å². The first-order chi connectivity index (χ1) is 18.3. The second kappa shape index (κ2) is 10.5. The van der Waals surface area contributed by atoms with Crippen LogP contribution in [0.1, 0.15) is 21.5 Å². The molecule has 2 heterocycles. The van der Waals surface area contributed by atoms with Gasteiger partial charge in [-0.2, -0.15) is 9.30 Å². The number of nitrogens with zero attached hydrogens (tertiary/aromatic N) is 3. The Balaban J connectivity index is 1.43. The van der Waals surface area contributed by atoms with Crippen molar-refractivity contribution in [3.05, 3.63) is 88.2 Å². The normalized spacial score (nSPS) is 14.3. The summed E-state index contributed by atoms with van der Waals surface area (Å²) in [5.41, 5.74) is 3.09. The maximum absolute atomic E-state index is 13.3. The van der Waals surface area contributed by atoms with Crippen molar-refractivity contribution in [1.29, 1.82) is 0 Å². The molecule has 0 bridgehead atoms. The molecule has 0 unspecified atom stereocenters. The van der Waals surface area contributed by atoms with Crippen molar-refractivity contribution < 1.29 is 27.5 Å². The van der Waals surface area contributed by atoms with Crippen molar-refractivity contribution >= 4 is 43.5 Å². The largest absolute Gasteiger partial charge is 0.497 e. The number of benzene rings is 3. The second-order valence-electron chi connectivity index (χ2n) is 8.68. The van der Waals surface area contributed by atoms with Crippen molar-refractivity contribution in [2.75, 3.05) is 20.8 Å². The van der Waals surface area contributed by atoms with Crippen LogP contribution in [0.4, 0.5) is 0 Å². The molecule has 11 heteroatoms. The molecule has 38 heavy (non-hydrogen) atoms. The molecule has 0 atom stereocenters. The van der Waals surface area contributed by atoms with Crippen LogP contribution >= 0.6 is 11.3 Å². The lowest BCUT2D eigenvalue weighted by molar-refractivity contribution is -0.141. The van der Waals surface area contributed by atoms with Crippen LogP contribution in [0.25, 0.3) is 10.2 Å².